The molecule has 1 aromatic heterocycles. The van der Waals surface area contributed by atoms with Crippen LogP contribution >= 0.6 is 11.8 Å². The van der Waals surface area contributed by atoms with E-state index in [4.69, 9.17) is 0 Å². The lowest BCUT2D eigenvalue weighted by Crippen LogP contribution is -2.16. The number of hydrogen-bond acceptors (Lipinski definition) is 3. The van der Waals surface area contributed by atoms with Gasteiger partial charge in [-0.1, -0.05) is 42.5 Å². The van der Waals surface area contributed by atoms with Crippen LogP contribution in [0.2, 0.25) is 0 Å². The Bertz CT molecular complexity index is 894. The first-order valence-corrected chi connectivity index (χ1v) is 8.58. The highest BCUT2D eigenvalue weighted by Gasteiger charge is 2.28. The zero-order valence-corrected chi connectivity index (χ0v) is 13.5. The summed E-state index contributed by atoms with van der Waals surface area (Å²) < 4.78 is 15.6. The minimum atomic E-state index is -0.384. The Morgan fingerprint density at radius 3 is 2.67 bits per heavy atom. The van der Waals surface area contributed by atoms with Gasteiger partial charge < -0.3 is 5.32 Å². The zero-order chi connectivity index (χ0) is 16.5. The molecule has 120 valence electrons. The number of aromatic nitrogens is 2. The molecule has 2 heterocycles. The van der Waals surface area contributed by atoms with Gasteiger partial charge in [0.15, 0.2) is 0 Å². The molecule has 1 aliphatic rings. The summed E-state index contributed by atoms with van der Waals surface area (Å²) in [5.41, 5.74) is 2.28. The number of halogens is 1. The van der Waals surface area contributed by atoms with Crippen molar-refractivity contribution < 1.29 is 9.18 Å². The van der Waals surface area contributed by atoms with Crippen molar-refractivity contribution in [1.29, 1.82) is 0 Å². The van der Waals surface area contributed by atoms with E-state index in [2.05, 4.69) is 10.4 Å². The van der Waals surface area contributed by atoms with E-state index in [0.717, 1.165) is 11.1 Å². The molecule has 0 radical (unpaired) electrons. The first kappa shape index (κ1) is 15.0. The van der Waals surface area contributed by atoms with Gasteiger partial charge in [0, 0.05) is 5.56 Å². The lowest BCUT2D eigenvalue weighted by molar-refractivity contribution is -0.113. The maximum Gasteiger partial charge on any atom is 0.235 e. The largest absolute Gasteiger partial charge is 0.310 e. The molecule has 0 spiro atoms. The molecule has 2 aromatic carbocycles. The Balaban J connectivity index is 1.86. The van der Waals surface area contributed by atoms with Crippen LogP contribution in [0.25, 0.3) is 5.69 Å². The van der Waals surface area contributed by atoms with E-state index < -0.39 is 0 Å². The number of rotatable bonds is 2. The minimum absolute atomic E-state index is 0.0272. The number of carbonyl (C=O) groups is 1. The van der Waals surface area contributed by atoms with Crippen molar-refractivity contribution in [3.8, 4) is 5.69 Å². The molecule has 0 saturated heterocycles. The summed E-state index contributed by atoms with van der Waals surface area (Å²) in [6.07, 6.45) is 1.71. The smallest absolute Gasteiger partial charge is 0.235 e. The van der Waals surface area contributed by atoms with E-state index in [1.54, 1.807) is 36.2 Å². The summed E-state index contributed by atoms with van der Waals surface area (Å²) in [4.78, 5) is 12.1. The van der Waals surface area contributed by atoms with Crippen LogP contribution in [0.5, 0.6) is 0 Å². The molecule has 0 fully saturated rings. The number of anilines is 1. The van der Waals surface area contributed by atoms with Crippen molar-refractivity contribution in [3.63, 3.8) is 0 Å². The molecule has 0 aliphatic carbocycles. The molecular weight excluding hydrogens is 325 g/mol. The van der Waals surface area contributed by atoms with E-state index in [1.165, 1.54) is 10.7 Å². The summed E-state index contributed by atoms with van der Waals surface area (Å²) in [5.74, 6) is 0.374. The second kappa shape index (κ2) is 6.13. The molecule has 4 rings (SSSR count). The predicted molar refractivity (Wildman–Crippen MR) is 92.9 cm³/mol. The van der Waals surface area contributed by atoms with Crippen molar-refractivity contribution in [3.05, 3.63) is 77.7 Å². The van der Waals surface area contributed by atoms with E-state index in [9.17, 15) is 9.18 Å². The number of fused-ring (bicyclic) bond motifs is 1. The molecule has 4 nitrogen and oxygen atoms in total. The Hall–Kier alpha value is -2.60. The van der Waals surface area contributed by atoms with Gasteiger partial charge in [0.1, 0.15) is 17.3 Å². The summed E-state index contributed by atoms with van der Waals surface area (Å²) in [6.45, 7) is 0. The van der Waals surface area contributed by atoms with Crippen molar-refractivity contribution in [2.24, 2.45) is 0 Å². The number of nitrogens with one attached hydrogen (secondary N) is 1. The third-order valence-electron chi connectivity index (χ3n) is 3.90. The van der Waals surface area contributed by atoms with Crippen LogP contribution in [0.4, 0.5) is 10.2 Å². The van der Waals surface area contributed by atoms with Crippen molar-refractivity contribution in [2.45, 2.75) is 5.25 Å². The van der Waals surface area contributed by atoms with Crippen LogP contribution in [-0.2, 0) is 4.79 Å². The predicted octanol–water partition coefficient (Wildman–Crippen LogP) is 3.79. The average Bonchev–Trinajstić information content (AvgIpc) is 2.92. The number of benzene rings is 2. The fraction of sp³-hybridized carbons (Fsp3) is 0.111. The van der Waals surface area contributed by atoms with Gasteiger partial charge in [-0.3, -0.25) is 4.79 Å². The maximum absolute atomic E-state index is 14.2. The van der Waals surface area contributed by atoms with E-state index in [1.807, 2.05) is 30.3 Å². The lowest BCUT2D eigenvalue weighted by Gasteiger charge is -2.14. The topological polar surface area (TPSA) is 46.9 Å². The van der Waals surface area contributed by atoms with E-state index in [0.29, 0.717) is 17.3 Å². The number of nitrogens with zero attached hydrogens (tertiary/aromatic N) is 2. The molecule has 1 unspecified atom stereocenters. The van der Waals surface area contributed by atoms with Crippen LogP contribution in [0.15, 0.2) is 60.8 Å². The first-order valence-electron chi connectivity index (χ1n) is 7.53. The third kappa shape index (κ3) is 2.59. The van der Waals surface area contributed by atoms with Gasteiger partial charge >= 0.3 is 0 Å². The van der Waals surface area contributed by atoms with Crippen LogP contribution in [0.3, 0.4) is 0 Å². The molecule has 24 heavy (non-hydrogen) atoms. The van der Waals surface area contributed by atoms with Gasteiger partial charge in [0.2, 0.25) is 5.91 Å². The molecular formula is C18H14FN3OS. The molecule has 3 aromatic rings. The number of para-hydroxylation sites is 1. The van der Waals surface area contributed by atoms with Gasteiger partial charge in [0.05, 0.1) is 17.2 Å². The van der Waals surface area contributed by atoms with Crippen LogP contribution in [-0.4, -0.2) is 21.4 Å². The lowest BCUT2D eigenvalue weighted by atomic mass is 10.1. The fourth-order valence-electron chi connectivity index (χ4n) is 2.80. The van der Waals surface area contributed by atoms with E-state index in [-0.39, 0.29) is 17.0 Å². The molecule has 0 bridgehead atoms. The maximum atomic E-state index is 14.2. The van der Waals surface area contributed by atoms with Crippen molar-refractivity contribution in [2.75, 3.05) is 11.1 Å². The standard InChI is InChI=1S/C18H14FN3OS/c19-14-8-4-5-9-15(14)22-18-13(10-20-22)17(24-11-16(23)21-18)12-6-2-1-3-7-12/h1-10,17H,11H2,(H,21,23). The fourth-order valence-corrected chi connectivity index (χ4v) is 3.90. The highest BCUT2D eigenvalue weighted by Crippen LogP contribution is 2.41. The van der Waals surface area contributed by atoms with Gasteiger partial charge in [-0.15, -0.1) is 11.8 Å². The number of carbonyl (C=O) groups excluding carboxylic acids is 1. The summed E-state index contributed by atoms with van der Waals surface area (Å²) in [6, 6.07) is 16.3. The molecule has 1 amide bonds. The molecule has 1 atom stereocenters. The average molecular weight is 339 g/mol. The second-order valence-electron chi connectivity index (χ2n) is 5.46. The Kier molecular flexibility index (Phi) is 3.82. The first-order chi connectivity index (χ1) is 11.7. The Labute approximate surface area is 142 Å². The van der Waals surface area contributed by atoms with Gasteiger partial charge in [-0.2, -0.15) is 5.10 Å². The van der Waals surface area contributed by atoms with Gasteiger partial charge in [-0.05, 0) is 17.7 Å². The van der Waals surface area contributed by atoms with Crippen LogP contribution in [0.1, 0.15) is 16.4 Å². The summed E-state index contributed by atoms with van der Waals surface area (Å²) in [7, 11) is 0. The normalized spacial score (nSPS) is 17.0. The number of amides is 1. The zero-order valence-electron chi connectivity index (χ0n) is 12.6. The quantitative estimate of drug-likeness (QED) is 0.773. The molecule has 1 N–H and O–H groups in total. The van der Waals surface area contributed by atoms with Crippen molar-refractivity contribution >= 4 is 23.5 Å². The minimum Gasteiger partial charge on any atom is -0.310 e. The Morgan fingerprint density at radius 1 is 1.12 bits per heavy atom. The summed E-state index contributed by atoms with van der Waals surface area (Å²) >= 11 is 1.54. The Morgan fingerprint density at radius 2 is 1.88 bits per heavy atom. The third-order valence-corrected chi connectivity index (χ3v) is 5.19. The SMILES string of the molecule is O=C1CSC(c2ccccc2)c2cnn(-c3ccccc3F)c2N1. The van der Waals surface area contributed by atoms with E-state index >= 15 is 0 Å². The van der Waals surface area contributed by atoms with Crippen molar-refractivity contribution in [1.82, 2.24) is 9.78 Å². The number of hydrogen-bond donors (Lipinski definition) is 1. The summed E-state index contributed by atoms with van der Waals surface area (Å²) in [5, 5.41) is 7.17. The molecule has 6 heteroatoms. The highest BCUT2D eigenvalue weighted by molar-refractivity contribution is 8.00. The monoisotopic (exact) mass is 339 g/mol. The van der Waals surface area contributed by atoms with Gasteiger partial charge in [-0.25, -0.2) is 9.07 Å². The molecule has 1 aliphatic heterocycles. The second-order valence-corrected chi connectivity index (χ2v) is 6.56. The molecule has 0 saturated carbocycles. The number of thioether (sulfide) groups is 1. The van der Waals surface area contributed by atoms with Crippen LogP contribution in [0, 0.1) is 5.82 Å². The highest BCUT2D eigenvalue weighted by atomic mass is 32.2. The van der Waals surface area contributed by atoms with Gasteiger partial charge in [0.25, 0.3) is 0 Å². The van der Waals surface area contributed by atoms with Crippen LogP contribution < -0.4 is 5.32 Å².